The van der Waals surface area contributed by atoms with Crippen LogP contribution in [0.25, 0.3) is 5.69 Å². The first-order valence-electron chi connectivity index (χ1n) is 11.6. The van der Waals surface area contributed by atoms with Gasteiger partial charge in [-0.25, -0.2) is 28.0 Å². The molecule has 36 heavy (non-hydrogen) atoms. The van der Waals surface area contributed by atoms with Gasteiger partial charge in [0.05, 0.1) is 16.5 Å². The Bertz CT molecular complexity index is 1280. The van der Waals surface area contributed by atoms with E-state index in [1.54, 1.807) is 0 Å². The molecule has 3 aromatic rings. The van der Waals surface area contributed by atoms with Gasteiger partial charge in [-0.1, -0.05) is 13.3 Å². The maximum Gasteiger partial charge on any atom is 0.225 e. The monoisotopic (exact) mass is 514 g/mol. The Morgan fingerprint density at radius 3 is 2.50 bits per heavy atom. The van der Waals surface area contributed by atoms with Crippen LogP contribution in [0.3, 0.4) is 0 Å². The third kappa shape index (κ3) is 5.15. The van der Waals surface area contributed by atoms with Crippen LogP contribution in [0.5, 0.6) is 5.75 Å². The minimum atomic E-state index is -1.36. The van der Waals surface area contributed by atoms with E-state index in [0.717, 1.165) is 67.5 Å². The van der Waals surface area contributed by atoms with Crippen molar-refractivity contribution in [3.63, 3.8) is 0 Å². The Kier molecular flexibility index (Phi) is 7.07. The second kappa shape index (κ2) is 10.6. The predicted molar refractivity (Wildman–Crippen MR) is 129 cm³/mol. The number of hydrogen-bond acceptors (Lipinski definition) is 9. The molecule has 0 N–H and O–H groups in total. The van der Waals surface area contributed by atoms with Crippen molar-refractivity contribution in [2.75, 3.05) is 24.6 Å². The van der Waals surface area contributed by atoms with Crippen molar-refractivity contribution in [2.24, 2.45) is 10.9 Å². The molecule has 0 radical (unpaired) electrons. The molecule has 0 amide bonds. The van der Waals surface area contributed by atoms with Crippen LogP contribution < -0.4 is 9.64 Å². The number of anilines is 1. The fourth-order valence-corrected chi connectivity index (χ4v) is 5.50. The highest BCUT2D eigenvalue weighted by atomic mass is 32.2. The van der Waals surface area contributed by atoms with E-state index < -0.39 is 28.1 Å². The molecule has 0 bridgehead atoms. The third-order valence-electron chi connectivity index (χ3n) is 6.02. The number of benzene rings is 1. The lowest BCUT2D eigenvalue weighted by atomic mass is 9.98. The fourth-order valence-electron chi connectivity index (χ4n) is 4.24. The molecule has 1 unspecified atom stereocenters. The summed E-state index contributed by atoms with van der Waals surface area (Å²) in [5.41, 5.74) is 1.19. The van der Waals surface area contributed by atoms with Gasteiger partial charge in [-0.05, 0) is 35.3 Å². The molecule has 13 heteroatoms. The van der Waals surface area contributed by atoms with Gasteiger partial charge in [-0.15, -0.1) is 5.10 Å². The van der Waals surface area contributed by atoms with E-state index in [9.17, 15) is 13.0 Å². The second-order valence-electron chi connectivity index (χ2n) is 8.54. The molecule has 2 aliphatic heterocycles. The van der Waals surface area contributed by atoms with E-state index in [-0.39, 0.29) is 18.3 Å². The van der Waals surface area contributed by atoms with Crippen molar-refractivity contribution in [1.82, 2.24) is 30.2 Å². The lowest BCUT2D eigenvalue weighted by Gasteiger charge is -2.31. The van der Waals surface area contributed by atoms with Crippen molar-refractivity contribution in [3.8, 4) is 11.4 Å². The van der Waals surface area contributed by atoms with Crippen LogP contribution in [-0.2, 0) is 17.2 Å². The minimum Gasteiger partial charge on any atom is -0.487 e. The van der Waals surface area contributed by atoms with Crippen molar-refractivity contribution in [1.29, 1.82) is 0 Å². The van der Waals surface area contributed by atoms with Crippen LogP contribution in [0.15, 0.2) is 47.0 Å². The van der Waals surface area contributed by atoms with Gasteiger partial charge in [0, 0.05) is 48.9 Å². The van der Waals surface area contributed by atoms with Crippen LogP contribution in [0.2, 0.25) is 0 Å². The zero-order valence-electron chi connectivity index (χ0n) is 19.5. The van der Waals surface area contributed by atoms with Crippen LogP contribution >= 0.6 is 0 Å². The average Bonchev–Trinajstić information content (AvgIpc) is 3.53. The minimum absolute atomic E-state index is 0.0181. The summed E-state index contributed by atoms with van der Waals surface area (Å²) >= 11 is 0. The number of piperidine rings is 1. The van der Waals surface area contributed by atoms with E-state index in [1.807, 2.05) is 12.4 Å². The van der Waals surface area contributed by atoms with Crippen LogP contribution in [-0.4, -0.2) is 59.1 Å². The van der Waals surface area contributed by atoms with E-state index in [1.165, 1.54) is 5.41 Å². The molecule has 4 heterocycles. The Labute approximate surface area is 208 Å². The number of ether oxygens (including phenoxy) is 1. The zero-order valence-corrected chi connectivity index (χ0v) is 20.4. The van der Waals surface area contributed by atoms with Gasteiger partial charge in [-0.3, -0.25) is 0 Å². The summed E-state index contributed by atoms with van der Waals surface area (Å²) in [5, 5.41) is 12.4. The summed E-state index contributed by atoms with van der Waals surface area (Å²) in [6.07, 6.45) is 8.42. The highest BCUT2D eigenvalue weighted by Gasteiger charge is 2.30. The van der Waals surface area contributed by atoms with Crippen LogP contribution in [0.1, 0.15) is 31.7 Å². The van der Waals surface area contributed by atoms with Gasteiger partial charge in [0.25, 0.3) is 0 Å². The first-order valence-corrected chi connectivity index (χ1v) is 12.8. The van der Waals surface area contributed by atoms with Gasteiger partial charge in [-0.2, -0.15) is 4.68 Å². The molecule has 1 aromatic carbocycles. The molecule has 1 saturated heterocycles. The molecule has 188 valence electrons. The molecule has 0 saturated carbocycles. The van der Waals surface area contributed by atoms with Gasteiger partial charge in [0.1, 0.15) is 29.4 Å². The van der Waals surface area contributed by atoms with Gasteiger partial charge in [0.15, 0.2) is 11.6 Å². The van der Waals surface area contributed by atoms with E-state index in [2.05, 4.69) is 42.3 Å². The largest absolute Gasteiger partial charge is 0.487 e. The smallest absolute Gasteiger partial charge is 0.225 e. The van der Waals surface area contributed by atoms with E-state index in [0.29, 0.717) is 16.7 Å². The van der Waals surface area contributed by atoms with Gasteiger partial charge in [0.2, 0.25) is 5.95 Å². The quantitative estimate of drug-likeness (QED) is 0.451. The first-order chi connectivity index (χ1) is 17.5. The van der Waals surface area contributed by atoms with Crippen molar-refractivity contribution < 1.29 is 17.7 Å². The number of aryl methyl sites for hydroxylation is 1. The van der Waals surface area contributed by atoms with Crippen molar-refractivity contribution in [3.05, 3.63) is 59.2 Å². The maximum atomic E-state index is 14.4. The van der Waals surface area contributed by atoms with Crippen LogP contribution in [0.4, 0.5) is 14.7 Å². The summed E-state index contributed by atoms with van der Waals surface area (Å²) in [6, 6.07) is 2.09. The SMILES string of the molecule is CCCc1cnc(N2CCC(C3=NC(COc4cc(F)c(-n5cnnn5)c(F)c4)=CS3=O)CC2)nc1. The molecule has 10 nitrogen and oxygen atoms in total. The maximum absolute atomic E-state index is 14.4. The lowest BCUT2D eigenvalue weighted by Crippen LogP contribution is -2.37. The summed E-state index contributed by atoms with van der Waals surface area (Å²) in [6.45, 7) is 3.55. The van der Waals surface area contributed by atoms with E-state index >= 15 is 0 Å². The predicted octanol–water partition coefficient (Wildman–Crippen LogP) is 2.98. The molecule has 0 spiro atoms. The van der Waals surface area contributed by atoms with E-state index in [4.69, 9.17) is 4.74 Å². The molecule has 2 aromatic heterocycles. The highest BCUT2D eigenvalue weighted by Crippen LogP contribution is 2.28. The van der Waals surface area contributed by atoms with Crippen molar-refractivity contribution in [2.45, 2.75) is 32.6 Å². The molecular formula is C23H24F2N8O2S. The van der Waals surface area contributed by atoms with Gasteiger partial charge < -0.3 is 9.64 Å². The number of tetrazole rings is 1. The molecule has 1 fully saturated rings. The number of nitrogens with zero attached hydrogens (tertiary/aromatic N) is 8. The van der Waals surface area contributed by atoms with Gasteiger partial charge >= 0.3 is 0 Å². The standard InChI is InChI=1S/C23H24F2N8O2S/c1-2-3-15-10-26-23(27-11-15)32-6-4-16(5-7-32)22-29-17(13-36(22)34)12-35-18-8-19(24)21(20(25)9-18)33-14-28-30-31-33/h8-11,13-14,16H,2-7,12H2,1H3. The molecular weight excluding hydrogens is 490 g/mol. The Morgan fingerprint density at radius 2 is 1.86 bits per heavy atom. The number of rotatable bonds is 8. The topological polar surface area (TPSA) is 111 Å². The lowest BCUT2D eigenvalue weighted by molar-refractivity contribution is 0.346. The highest BCUT2D eigenvalue weighted by molar-refractivity contribution is 8.03. The third-order valence-corrected chi connectivity index (χ3v) is 7.34. The number of halogens is 2. The normalized spacial score (nSPS) is 18.3. The first kappa shape index (κ1) is 24.1. The van der Waals surface area contributed by atoms with Crippen molar-refractivity contribution >= 4 is 21.8 Å². The number of hydrogen-bond donors (Lipinski definition) is 0. The summed E-state index contributed by atoms with van der Waals surface area (Å²) in [7, 11) is -1.36. The summed E-state index contributed by atoms with van der Waals surface area (Å²) < 4.78 is 47.9. The average molecular weight is 515 g/mol. The number of aromatic nitrogens is 6. The second-order valence-corrected chi connectivity index (χ2v) is 9.79. The molecule has 5 rings (SSSR count). The summed E-state index contributed by atoms with van der Waals surface area (Å²) in [4.78, 5) is 15.6. The zero-order chi connectivity index (χ0) is 25.1. The molecule has 0 aliphatic carbocycles. The van der Waals surface area contributed by atoms with Crippen LogP contribution in [0, 0.1) is 17.6 Å². The fraction of sp³-hybridized carbons (Fsp3) is 0.391. The Morgan fingerprint density at radius 1 is 1.14 bits per heavy atom. The molecule has 1 atom stereocenters. The molecule has 2 aliphatic rings. The number of aliphatic imine (C=N–C) groups is 1. The Hall–Kier alpha value is -3.61. The summed E-state index contributed by atoms with van der Waals surface area (Å²) in [5.74, 6) is -0.987. The Balaban J connectivity index is 1.18.